The van der Waals surface area contributed by atoms with Gasteiger partial charge in [0.05, 0.1) is 11.4 Å². The predicted molar refractivity (Wildman–Crippen MR) is 195 cm³/mol. The molecule has 2 nitrogen and oxygen atoms in total. The van der Waals surface area contributed by atoms with Crippen molar-refractivity contribution in [1.29, 1.82) is 0 Å². The van der Waals surface area contributed by atoms with E-state index in [1.807, 2.05) is 6.07 Å². The number of anilines is 3. The second kappa shape index (κ2) is 11.1. The number of para-hydroxylation sites is 3. The molecule has 0 amide bonds. The summed E-state index contributed by atoms with van der Waals surface area (Å²) in [6, 6.07) is 56.5. The third-order valence-corrected chi connectivity index (χ3v) is 9.04. The Balaban J connectivity index is 1.42. The van der Waals surface area contributed by atoms with Crippen molar-refractivity contribution in [3.63, 3.8) is 0 Å². The van der Waals surface area contributed by atoms with Crippen molar-refractivity contribution in [2.75, 3.05) is 4.90 Å². The minimum atomic E-state index is 0.0524. The zero-order valence-corrected chi connectivity index (χ0v) is 26.4. The van der Waals surface area contributed by atoms with E-state index in [9.17, 15) is 0 Å². The van der Waals surface area contributed by atoms with Crippen molar-refractivity contribution in [2.24, 2.45) is 0 Å². The van der Waals surface area contributed by atoms with Gasteiger partial charge in [-0.2, -0.15) is 0 Å². The van der Waals surface area contributed by atoms with Crippen LogP contribution in [0.25, 0.3) is 55.0 Å². The van der Waals surface area contributed by atoms with E-state index in [1.165, 1.54) is 33.0 Å². The standard InChI is InChI=1S/C44H35NO/c1-44(2,3)32-26-28-33(29-27-32)45(40-24-13-22-38-36-19-8-10-25-41(36)46-43(38)40)39-23-9-7-18-35(39)37-21-12-17-31-16-11-20-34(42(31)37)30-14-5-4-6-15-30/h4-29H,1-3H3. The van der Waals surface area contributed by atoms with E-state index in [-0.39, 0.29) is 5.41 Å². The Morgan fingerprint density at radius 2 is 1.09 bits per heavy atom. The van der Waals surface area contributed by atoms with Gasteiger partial charge in [-0.25, -0.2) is 0 Å². The van der Waals surface area contributed by atoms with Gasteiger partial charge in [0.1, 0.15) is 5.58 Å². The Labute approximate surface area is 270 Å². The maximum atomic E-state index is 6.64. The van der Waals surface area contributed by atoms with E-state index >= 15 is 0 Å². The third-order valence-electron chi connectivity index (χ3n) is 9.04. The largest absolute Gasteiger partial charge is 0.454 e. The zero-order chi connectivity index (χ0) is 31.3. The molecule has 0 saturated heterocycles. The van der Waals surface area contributed by atoms with Gasteiger partial charge in [-0.15, -0.1) is 0 Å². The molecule has 0 atom stereocenters. The van der Waals surface area contributed by atoms with Gasteiger partial charge in [0.15, 0.2) is 5.58 Å². The molecule has 0 aliphatic rings. The van der Waals surface area contributed by atoms with Crippen molar-refractivity contribution in [3.05, 3.63) is 163 Å². The van der Waals surface area contributed by atoms with Crippen LogP contribution >= 0.6 is 0 Å². The van der Waals surface area contributed by atoms with Crippen LogP contribution in [0.5, 0.6) is 0 Å². The molecule has 0 saturated carbocycles. The minimum absolute atomic E-state index is 0.0524. The lowest BCUT2D eigenvalue weighted by molar-refractivity contribution is 0.590. The Kier molecular flexibility index (Phi) is 6.73. The zero-order valence-electron chi connectivity index (χ0n) is 26.4. The summed E-state index contributed by atoms with van der Waals surface area (Å²) < 4.78 is 6.64. The van der Waals surface area contributed by atoms with Gasteiger partial charge in [0, 0.05) is 22.0 Å². The number of fused-ring (bicyclic) bond motifs is 4. The van der Waals surface area contributed by atoms with Crippen molar-refractivity contribution in [3.8, 4) is 22.3 Å². The number of furan rings is 1. The molecule has 222 valence electrons. The molecular weight excluding hydrogens is 558 g/mol. The first kappa shape index (κ1) is 27.9. The highest BCUT2D eigenvalue weighted by Gasteiger charge is 2.23. The molecule has 1 aromatic heterocycles. The van der Waals surface area contributed by atoms with Crippen LogP contribution in [0, 0.1) is 0 Å². The number of rotatable bonds is 5. The van der Waals surface area contributed by atoms with Crippen molar-refractivity contribution >= 4 is 49.8 Å². The first-order valence-corrected chi connectivity index (χ1v) is 15.9. The van der Waals surface area contributed by atoms with E-state index in [4.69, 9.17) is 4.42 Å². The van der Waals surface area contributed by atoms with Crippen LogP contribution in [0.1, 0.15) is 26.3 Å². The number of benzene rings is 7. The van der Waals surface area contributed by atoms with Crippen molar-refractivity contribution < 1.29 is 4.42 Å². The number of nitrogens with zero attached hydrogens (tertiary/aromatic N) is 1. The molecule has 0 radical (unpaired) electrons. The van der Waals surface area contributed by atoms with Gasteiger partial charge in [0.25, 0.3) is 0 Å². The molecule has 46 heavy (non-hydrogen) atoms. The van der Waals surface area contributed by atoms with Crippen LogP contribution in [0.3, 0.4) is 0 Å². The van der Waals surface area contributed by atoms with E-state index in [1.54, 1.807) is 0 Å². The summed E-state index contributed by atoms with van der Waals surface area (Å²) >= 11 is 0. The van der Waals surface area contributed by atoms with Crippen molar-refractivity contribution in [2.45, 2.75) is 26.2 Å². The Morgan fingerprint density at radius 3 is 1.87 bits per heavy atom. The van der Waals surface area contributed by atoms with Crippen LogP contribution in [-0.2, 0) is 5.41 Å². The fourth-order valence-electron chi connectivity index (χ4n) is 6.75. The highest BCUT2D eigenvalue weighted by molar-refractivity contribution is 6.12. The van der Waals surface area contributed by atoms with Crippen LogP contribution in [0.2, 0.25) is 0 Å². The lowest BCUT2D eigenvalue weighted by atomic mass is 9.87. The maximum Gasteiger partial charge on any atom is 0.159 e. The molecule has 0 spiro atoms. The first-order chi connectivity index (χ1) is 22.5. The molecule has 0 bridgehead atoms. The fraction of sp³-hybridized carbons (Fsp3) is 0.0909. The van der Waals surface area contributed by atoms with Crippen LogP contribution in [0.15, 0.2) is 162 Å². The SMILES string of the molecule is CC(C)(C)c1ccc(N(c2ccccc2-c2cccc3cccc(-c4ccccc4)c23)c2cccc3c2oc2ccccc23)cc1. The van der Waals surface area contributed by atoms with E-state index in [0.717, 1.165) is 44.6 Å². The van der Waals surface area contributed by atoms with Gasteiger partial charge in [-0.1, -0.05) is 148 Å². The molecule has 0 N–H and O–H groups in total. The lowest BCUT2D eigenvalue weighted by Gasteiger charge is -2.29. The lowest BCUT2D eigenvalue weighted by Crippen LogP contribution is -2.14. The normalized spacial score (nSPS) is 11.8. The van der Waals surface area contributed by atoms with E-state index < -0.39 is 0 Å². The quantitative estimate of drug-likeness (QED) is 0.197. The molecule has 0 unspecified atom stereocenters. The molecule has 0 fully saturated rings. The number of hydrogen-bond acceptors (Lipinski definition) is 2. The summed E-state index contributed by atoms with van der Waals surface area (Å²) in [7, 11) is 0. The summed E-state index contributed by atoms with van der Waals surface area (Å²) in [5.41, 5.74) is 11.1. The van der Waals surface area contributed by atoms with E-state index in [0.29, 0.717) is 0 Å². The Hall–Kier alpha value is -5.60. The van der Waals surface area contributed by atoms with Crippen LogP contribution < -0.4 is 4.90 Å². The molecular formula is C44H35NO. The molecule has 0 aliphatic heterocycles. The van der Waals surface area contributed by atoms with Crippen LogP contribution in [-0.4, -0.2) is 0 Å². The van der Waals surface area contributed by atoms with Gasteiger partial charge >= 0.3 is 0 Å². The second-order valence-corrected chi connectivity index (χ2v) is 13.0. The Bertz CT molecular complexity index is 2330. The molecule has 0 aliphatic carbocycles. The summed E-state index contributed by atoms with van der Waals surface area (Å²) in [4.78, 5) is 2.37. The number of hydrogen-bond donors (Lipinski definition) is 0. The fourth-order valence-corrected chi connectivity index (χ4v) is 6.75. The summed E-state index contributed by atoms with van der Waals surface area (Å²) in [5.74, 6) is 0. The summed E-state index contributed by atoms with van der Waals surface area (Å²) in [6.07, 6.45) is 0. The highest BCUT2D eigenvalue weighted by Crippen LogP contribution is 2.47. The highest BCUT2D eigenvalue weighted by atomic mass is 16.3. The van der Waals surface area contributed by atoms with Gasteiger partial charge in [-0.05, 0) is 68.8 Å². The van der Waals surface area contributed by atoms with Crippen LogP contribution in [0.4, 0.5) is 17.1 Å². The predicted octanol–water partition coefficient (Wildman–Crippen LogP) is 12.8. The second-order valence-electron chi connectivity index (χ2n) is 13.0. The molecule has 8 rings (SSSR count). The van der Waals surface area contributed by atoms with E-state index in [2.05, 4.69) is 177 Å². The topological polar surface area (TPSA) is 16.4 Å². The molecule has 8 aromatic rings. The molecule has 1 heterocycles. The van der Waals surface area contributed by atoms with Gasteiger partial charge in [-0.3, -0.25) is 0 Å². The maximum absolute atomic E-state index is 6.64. The minimum Gasteiger partial charge on any atom is -0.454 e. The van der Waals surface area contributed by atoms with Gasteiger partial charge < -0.3 is 9.32 Å². The average molecular weight is 594 g/mol. The Morgan fingerprint density at radius 1 is 0.478 bits per heavy atom. The average Bonchev–Trinajstić information content (AvgIpc) is 3.48. The van der Waals surface area contributed by atoms with Crippen molar-refractivity contribution in [1.82, 2.24) is 0 Å². The molecule has 7 aromatic carbocycles. The monoisotopic (exact) mass is 593 g/mol. The summed E-state index contributed by atoms with van der Waals surface area (Å²) in [6.45, 7) is 6.78. The smallest absolute Gasteiger partial charge is 0.159 e. The molecule has 2 heteroatoms. The first-order valence-electron chi connectivity index (χ1n) is 15.9. The summed E-state index contributed by atoms with van der Waals surface area (Å²) in [5, 5.41) is 4.69. The third kappa shape index (κ3) is 4.74. The van der Waals surface area contributed by atoms with Gasteiger partial charge in [0.2, 0.25) is 0 Å².